The van der Waals surface area contributed by atoms with E-state index in [9.17, 15) is 10.2 Å². The van der Waals surface area contributed by atoms with Gasteiger partial charge in [0, 0.05) is 24.6 Å². The van der Waals surface area contributed by atoms with E-state index in [1.54, 1.807) is 24.3 Å². The van der Waals surface area contributed by atoms with Gasteiger partial charge in [0.1, 0.15) is 21.5 Å². The van der Waals surface area contributed by atoms with Gasteiger partial charge in [0.25, 0.3) is 11.9 Å². The molecule has 0 saturated carbocycles. The summed E-state index contributed by atoms with van der Waals surface area (Å²) in [5, 5.41) is 35.0. The van der Waals surface area contributed by atoms with Crippen LogP contribution < -0.4 is 0 Å². The van der Waals surface area contributed by atoms with Crippen molar-refractivity contribution < 1.29 is 30.0 Å². The molecule has 4 N–H and O–H groups in total. The molecule has 2 aromatic carbocycles. The van der Waals surface area contributed by atoms with Crippen LogP contribution in [0.5, 0.6) is 11.5 Å². The topological polar surface area (TPSA) is 115 Å². The Hall–Kier alpha value is -2.18. The predicted molar refractivity (Wildman–Crippen MR) is 83.9 cm³/mol. The summed E-state index contributed by atoms with van der Waals surface area (Å²) < 4.78 is 0. The van der Waals surface area contributed by atoms with Gasteiger partial charge in [-0.1, -0.05) is 47.5 Å². The van der Waals surface area contributed by atoms with Gasteiger partial charge < -0.3 is 20.4 Å². The number of halogens is 2. The van der Waals surface area contributed by atoms with Crippen molar-refractivity contribution in [1.29, 1.82) is 0 Å². The number of carboxylic acids is 2. The summed E-state index contributed by atoms with van der Waals surface area (Å²) in [5.41, 5.74) is 0. The fraction of sp³-hybridized carbons (Fsp3) is 0.143. The van der Waals surface area contributed by atoms with Crippen molar-refractivity contribution in [2.75, 3.05) is 0 Å². The first kappa shape index (κ1) is 19.8. The third-order valence-electron chi connectivity index (χ3n) is 2.05. The maximum absolute atomic E-state index is 9.64. The first-order chi connectivity index (χ1) is 10.1. The normalized spacial score (nSPS) is 9.09. The van der Waals surface area contributed by atoms with Crippen LogP contribution in [0.3, 0.4) is 0 Å². The molecule has 0 aliphatic rings. The number of aromatic hydroxyl groups is 2. The summed E-state index contributed by atoms with van der Waals surface area (Å²) in [7, 11) is 0. The third kappa shape index (κ3) is 6.07. The van der Waals surface area contributed by atoms with Crippen molar-refractivity contribution >= 4 is 45.9 Å². The minimum atomic E-state index is -0.833. The Balaban J connectivity index is 0.000000464. The molecule has 0 amide bonds. The molecule has 22 heavy (non-hydrogen) atoms. The monoisotopic (exact) mass is 348 g/mol. The summed E-state index contributed by atoms with van der Waals surface area (Å²) in [5.74, 6) is -1.88. The highest BCUT2D eigenvalue weighted by Crippen LogP contribution is 2.44. The van der Waals surface area contributed by atoms with Crippen LogP contribution in [0.25, 0.3) is 10.8 Å². The molecule has 0 spiro atoms. The Morgan fingerprint density at radius 3 is 1.27 bits per heavy atom. The minimum absolute atomic E-state index is 0.0251. The maximum atomic E-state index is 9.64. The summed E-state index contributed by atoms with van der Waals surface area (Å²) in [4.78, 5) is 18.0. The standard InChI is InChI=1S/C10H6Cl2O2.2C2H4O2/c11-7-8(12)10(14)6-4-2-1-3-5(6)9(7)13;2*1-2(3)4/h1-4,13-14H;2*1H3,(H,3,4). The van der Waals surface area contributed by atoms with Gasteiger partial charge in [0.15, 0.2) is 0 Å². The molecule has 0 fully saturated rings. The van der Waals surface area contributed by atoms with Crippen LogP contribution in [0, 0.1) is 0 Å². The van der Waals surface area contributed by atoms with Crippen LogP contribution in [-0.2, 0) is 9.59 Å². The van der Waals surface area contributed by atoms with Crippen LogP contribution in [0.15, 0.2) is 24.3 Å². The molecule has 0 heterocycles. The lowest BCUT2D eigenvalue weighted by Crippen LogP contribution is -1.79. The Bertz CT molecular complexity index is 618. The molecule has 8 heteroatoms. The molecule has 0 radical (unpaired) electrons. The summed E-state index contributed by atoms with van der Waals surface area (Å²) in [6.07, 6.45) is 0. The van der Waals surface area contributed by atoms with Gasteiger partial charge in [0.05, 0.1) is 0 Å². The fourth-order valence-corrected chi connectivity index (χ4v) is 1.72. The minimum Gasteiger partial charge on any atom is -0.506 e. The highest BCUT2D eigenvalue weighted by molar-refractivity contribution is 6.45. The lowest BCUT2D eigenvalue weighted by atomic mass is 10.1. The SMILES string of the molecule is CC(=O)O.CC(=O)O.Oc1c(Cl)c(Cl)c(O)c2ccccc12. The molecule has 0 atom stereocenters. The van der Waals surface area contributed by atoms with E-state index in [2.05, 4.69) is 0 Å². The summed E-state index contributed by atoms with van der Waals surface area (Å²) in [6, 6.07) is 6.80. The van der Waals surface area contributed by atoms with Gasteiger partial charge in [0.2, 0.25) is 0 Å². The lowest BCUT2D eigenvalue weighted by molar-refractivity contribution is -0.135. The Labute approximate surface area is 136 Å². The van der Waals surface area contributed by atoms with Crippen LogP contribution in [0.1, 0.15) is 13.8 Å². The van der Waals surface area contributed by atoms with E-state index < -0.39 is 11.9 Å². The molecule has 2 aromatic rings. The van der Waals surface area contributed by atoms with E-state index in [-0.39, 0.29) is 21.5 Å². The number of fused-ring (bicyclic) bond motifs is 1. The van der Waals surface area contributed by atoms with Gasteiger partial charge in [-0.3, -0.25) is 9.59 Å². The van der Waals surface area contributed by atoms with Crippen LogP contribution in [0.4, 0.5) is 0 Å². The first-order valence-corrected chi connectivity index (χ1v) is 6.51. The van der Waals surface area contributed by atoms with Gasteiger partial charge in [-0.15, -0.1) is 0 Å². The van der Waals surface area contributed by atoms with Crippen molar-refractivity contribution in [1.82, 2.24) is 0 Å². The number of aliphatic carboxylic acids is 2. The van der Waals surface area contributed by atoms with E-state index in [4.69, 9.17) is 43.0 Å². The molecule has 0 unspecified atom stereocenters. The van der Waals surface area contributed by atoms with Crippen molar-refractivity contribution in [3.63, 3.8) is 0 Å². The van der Waals surface area contributed by atoms with Gasteiger partial charge in [-0.05, 0) is 0 Å². The van der Waals surface area contributed by atoms with Gasteiger partial charge in [-0.2, -0.15) is 0 Å². The molecule has 6 nitrogen and oxygen atoms in total. The highest BCUT2D eigenvalue weighted by atomic mass is 35.5. The summed E-state index contributed by atoms with van der Waals surface area (Å²) >= 11 is 11.4. The number of phenolic OH excluding ortho intramolecular Hbond substituents is 2. The molecule has 0 saturated heterocycles. The van der Waals surface area contributed by atoms with Gasteiger partial charge in [-0.25, -0.2) is 0 Å². The van der Waals surface area contributed by atoms with Crippen LogP contribution in [0.2, 0.25) is 10.0 Å². The Kier molecular flexibility index (Phi) is 8.08. The smallest absolute Gasteiger partial charge is 0.300 e. The van der Waals surface area contributed by atoms with E-state index in [1.165, 1.54) is 0 Å². The van der Waals surface area contributed by atoms with E-state index in [1.807, 2.05) is 0 Å². The molecular formula is C14H14Cl2O6. The predicted octanol–water partition coefficient (Wildman–Crippen LogP) is 3.74. The second-order valence-electron chi connectivity index (χ2n) is 3.91. The van der Waals surface area contributed by atoms with Crippen molar-refractivity contribution in [2.24, 2.45) is 0 Å². The number of phenols is 2. The third-order valence-corrected chi connectivity index (χ3v) is 2.88. The zero-order valence-electron chi connectivity index (χ0n) is 11.7. The molecular weight excluding hydrogens is 335 g/mol. The quantitative estimate of drug-likeness (QED) is 0.539. The van der Waals surface area contributed by atoms with Crippen LogP contribution >= 0.6 is 23.2 Å². The maximum Gasteiger partial charge on any atom is 0.300 e. The number of carbonyl (C=O) groups is 2. The molecule has 2 rings (SSSR count). The fourth-order valence-electron chi connectivity index (χ4n) is 1.34. The van der Waals surface area contributed by atoms with Crippen molar-refractivity contribution in [3.8, 4) is 11.5 Å². The number of rotatable bonds is 0. The Morgan fingerprint density at radius 1 is 0.818 bits per heavy atom. The second kappa shape index (κ2) is 8.96. The van der Waals surface area contributed by atoms with E-state index >= 15 is 0 Å². The van der Waals surface area contributed by atoms with E-state index in [0.29, 0.717) is 10.8 Å². The molecule has 0 aliphatic heterocycles. The first-order valence-electron chi connectivity index (χ1n) is 5.76. The molecule has 120 valence electrons. The average molecular weight is 349 g/mol. The summed E-state index contributed by atoms with van der Waals surface area (Å²) in [6.45, 7) is 2.17. The number of benzene rings is 2. The van der Waals surface area contributed by atoms with Crippen molar-refractivity contribution in [2.45, 2.75) is 13.8 Å². The zero-order chi connectivity index (χ0) is 17.4. The van der Waals surface area contributed by atoms with Gasteiger partial charge >= 0.3 is 0 Å². The number of hydrogen-bond acceptors (Lipinski definition) is 4. The molecule has 0 bridgehead atoms. The molecule has 0 aromatic heterocycles. The lowest BCUT2D eigenvalue weighted by Gasteiger charge is -2.07. The number of hydrogen-bond donors (Lipinski definition) is 4. The zero-order valence-corrected chi connectivity index (χ0v) is 13.2. The molecule has 0 aliphatic carbocycles. The van der Waals surface area contributed by atoms with Crippen LogP contribution in [-0.4, -0.2) is 32.4 Å². The van der Waals surface area contributed by atoms with Crippen molar-refractivity contribution in [3.05, 3.63) is 34.3 Å². The average Bonchev–Trinajstić information content (AvgIpc) is 2.41. The van der Waals surface area contributed by atoms with E-state index in [0.717, 1.165) is 13.8 Å². The number of carboxylic acid groups (broad SMARTS) is 2. The Morgan fingerprint density at radius 2 is 1.05 bits per heavy atom. The highest BCUT2D eigenvalue weighted by Gasteiger charge is 2.14. The second-order valence-corrected chi connectivity index (χ2v) is 4.66. The largest absolute Gasteiger partial charge is 0.506 e.